The van der Waals surface area contributed by atoms with E-state index in [0.717, 1.165) is 49.8 Å². The molecular weight excluding hydrogens is 334 g/mol. The second-order valence-electron chi connectivity index (χ2n) is 7.46. The van der Waals surface area contributed by atoms with Gasteiger partial charge in [0.1, 0.15) is 4.88 Å². The highest BCUT2D eigenvalue weighted by Crippen LogP contribution is 2.39. The fraction of sp³-hybridized carbons (Fsp3) is 0.600. The topological polar surface area (TPSA) is 57.6 Å². The summed E-state index contributed by atoms with van der Waals surface area (Å²) in [5.41, 5.74) is 1.79. The zero-order valence-electron chi connectivity index (χ0n) is 15.1. The second kappa shape index (κ2) is 7.73. The van der Waals surface area contributed by atoms with Crippen molar-refractivity contribution < 1.29 is 14.7 Å². The van der Waals surface area contributed by atoms with Crippen molar-refractivity contribution >= 4 is 34.5 Å². The van der Waals surface area contributed by atoms with Gasteiger partial charge in [-0.05, 0) is 68.9 Å². The monoisotopic (exact) mass is 361 g/mol. The number of carbonyl (C=O) groups is 2. The van der Waals surface area contributed by atoms with Gasteiger partial charge < -0.3 is 10.0 Å². The quantitative estimate of drug-likeness (QED) is 0.802. The van der Waals surface area contributed by atoms with E-state index in [1.807, 2.05) is 6.07 Å². The summed E-state index contributed by atoms with van der Waals surface area (Å²) in [4.78, 5) is 27.5. The highest BCUT2D eigenvalue weighted by atomic mass is 32.1. The molecule has 0 aliphatic heterocycles. The number of hydrogen-bond acceptors (Lipinski definition) is 3. The first-order chi connectivity index (χ1) is 12.0. The van der Waals surface area contributed by atoms with Gasteiger partial charge in [0.2, 0.25) is 5.91 Å². The van der Waals surface area contributed by atoms with Gasteiger partial charge in [-0.2, -0.15) is 0 Å². The molecule has 0 aromatic carbocycles. The summed E-state index contributed by atoms with van der Waals surface area (Å²) in [5, 5.41) is 9.61. The van der Waals surface area contributed by atoms with Crippen LogP contribution in [0.1, 0.15) is 72.8 Å². The van der Waals surface area contributed by atoms with Gasteiger partial charge in [-0.3, -0.25) is 4.79 Å². The molecule has 1 aromatic rings. The van der Waals surface area contributed by atoms with E-state index in [1.165, 1.54) is 23.3 Å². The van der Waals surface area contributed by atoms with Crippen LogP contribution in [0.2, 0.25) is 0 Å². The SMILES string of the molecule is CC1CCC(C(=O)N(C)c2cc(C3=CCCCC3)sc2C(=O)O)CC1. The van der Waals surface area contributed by atoms with Crippen molar-refractivity contribution in [1.29, 1.82) is 0 Å². The van der Waals surface area contributed by atoms with Crippen molar-refractivity contribution in [2.45, 2.75) is 58.3 Å². The number of allylic oxidation sites excluding steroid dienone is 2. The second-order valence-corrected chi connectivity index (χ2v) is 8.51. The van der Waals surface area contributed by atoms with E-state index in [9.17, 15) is 14.7 Å². The van der Waals surface area contributed by atoms with Crippen LogP contribution in [0.3, 0.4) is 0 Å². The lowest BCUT2D eigenvalue weighted by atomic mass is 9.82. The third-order valence-electron chi connectivity index (χ3n) is 5.57. The first kappa shape index (κ1) is 18.2. The zero-order valence-corrected chi connectivity index (χ0v) is 15.9. The molecular formula is C20H27NO3S. The molecule has 0 spiro atoms. The number of carboxylic acid groups (broad SMARTS) is 1. The Balaban J connectivity index is 1.84. The number of anilines is 1. The van der Waals surface area contributed by atoms with Crippen molar-refractivity contribution in [1.82, 2.24) is 0 Å². The van der Waals surface area contributed by atoms with E-state index < -0.39 is 5.97 Å². The standard InChI is InChI=1S/C20H27NO3S/c1-13-8-10-15(11-9-13)19(22)21(2)16-12-17(25-18(16)20(23)24)14-6-4-3-5-7-14/h6,12-13,15H,3-5,7-11H2,1-2H3,(H,23,24). The van der Waals surface area contributed by atoms with Crippen LogP contribution in [0.15, 0.2) is 12.1 Å². The number of nitrogens with zero attached hydrogens (tertiary/aromatic N) is 1. The first-order valence-electron chi connectivity index (χ1n) is 9.31. The fourth-order valence-corrected chi connectivity index (χ4v) is 5.00. The summed E-state index contributed by atoms with van der Waals surface area (Å²) in [7, 11) is 1.73. The van der Waals surface area contributed by atoms with E-state index in [0.29, 0.717) is 11.6 Å². The third-order valence-corrected chi connectivity index (χ3v) is 6.76. The van der Waals surface area contributed by atoms with Crippen molar-refractivity contribution in [3.63, 3.8) is 0 Å². The third kappa shape index (κ3) is 3.97. The number of rotatable bonds is 4. The van der Waals surface area contributed by atoms with E-state index in [4.69, 9.17) is 0 Å². The molecule has 5 heteroatoms. The van der Waals surface area contributed by atoms with Crippen LogP contribution < -0.4 is 4.90 Å². The van der Waals surface area contributed by atoms with Crippen molar-refractivity contribution in [3.8, 4) is 0 Å². The van der Waals surface area contributed by atoms with E-state index in [2.05, 4.69) is 13.0 Å². The Hall–Kier alpha value is -1.62. The highest BCUT2D eigenvalue weighted by Gasteiger charge is 2.30. The van der Waals surface area contributed by atoms with Crippen molar-refractivity contribution in [2.24, 2.45) is 11.8 Å². The van der Waals surface area contributed by atoms with Gasteiger partial charge in [-0.15, -0.1) is 11.3 Å². The van der Waals surface area contributed by atoms with Gasteiger partial charge in [0.25, 0.3) is 0 Å². The number of amides is 1. The van der Waals surface area contributed by atoms with Crippen molar-refractivity contribution in [3.05, 3.63) is 21.9 Å². The minimum absolute atomic E-state index is 0.0279. The van der Waals surface area contributed by atoms with Crippen LogP contribution in [0.4, 0.5) is 5.69 Å². The first-order valence-corrected chi connectivity index (χ1v) is 10.1. The Bertz CT molecular complexity index is 683. The van der Waals surface area contributed by atoms with Crippen molar-refractivity contribution in [2.75, 3.05) is 11.9 Å². The molecule has 1 heterocycles. The average molecular weight is 362 g/mol. The Labute approximate surface area is 153 Å². The summed E-state index contributed by atoms with van der Waals surface area (Å²) < 4.78 is 0. The largest absolute Gasteiger partial charge is 0.477 e. The number of carboxylic acids is 1. The molecule has 3 rings (SSSR count). The number of hydrogen-bond donors (Lipinski definition) is 1. The van der Waals surface area contributed by atoms with Gasteiger partial charge in [-0.25, -0.2) is 4.79 Å². The normalized spacial score (nSPS) is 23.8. The van der Waals surface area contributed by atoms with E-state index in [1.54, 1.807) is 11.9 Å². The van der Waals surface area contributed by atoms with Crippen LogP contribution in [-0.4, -0.2) is 24.0 Å². The number of aromatic carboxylic acids is 1. The molecule has 0 saturated heterocycles. The molecule has 1 amide bonds. The molecule has 1 fully saturated rings. The van der Waals surface area contributed by atoms with Crippen LogP contribution in [-0.2, 0) is 4.79 Å². The average Bonchev–Trinajstić information content (AvgIpc) is 3.07. The van der Waals surface area contributed by atoms with Gasteiger partial charge >= 0.3 is 5.97 Å². The highest BCUT2D eigenvalue weighted by molar-refractivity contribution is 7.15. The van der Waals surface area contributed by atoms with Gasteiger partial charge in [-0.1, -0.05) is 13.0 Å². The summed E-state index contributed by atoms with van der Waals surface area (Å²) in [6, 6.07) is 1.91. The van der Waals surface area contributed by atoms with E-state index >= 15 is 0 Å². The van der Waals surface area contributed by atoms with Gasteiger partial charge in [0.15, 0.2) is 0 Å². The Kier molecular flexibility index (Phi) is 5.62. The molecule has 0 radical (unpaired) electrons. The smallest absolute Gasteiger partial charge is 0.348 e. The Morgan fingerprint density at radius 3 is 2.52 bits per heavy atom. The molecule has 1 saturated carbocycles. The Morgan fingerprint density at radius 2 is 1.92 bits per heavy atom. The van der Waals surface area contributed by atoms with Crippen LogP contribution >= 0.6 is 11.3 Å². The summed E-state index contributed by atoms with van der Waals surface area (Å²) >= 11 is 1.31. The molecule has 25 heavy (non-hydrogen) atoms. The van der Waals surface area contributed by atoms with Gasteiger partial charge in [0.05, 0.1) is 5.69 Å². The Morgan fingerprint density at radius 1 is 1.20 bits per heavy atom. The van der Waals surface area contributed by atoms with Gasteiger partial charge in [0, 0.05) is 17.8 Å². The van der Waals surface area contributed by atoms with Crippen LogP contribution in [0.25, 0.3) is 5.57 Å². The molecule has 1 aromatic heterocycles. The number of carbonyl (C=O) groups excluding carboxylic acids is 1. The van der Waals surface area contributed by atoms with Crippen LogP contribution in [0, 0.1) is 11.8 Å². The van der Waals surface area contributed by atoms with E-state index in [-0.39, 0.29) is 16.7 Å². The van der Waals surface area contributed by atoms with Crippen LogP contribution in [0.5, 0.6) is 0 Å². The molecule has 4 nitrogen and oxygen atoms in total. The lowest BCUT2D eigenvalue weighted by Crippen LogP contribution is -2.35. The molecule has 2 aliphatic carbocycles. The molecule has 2 aliphatic rings. The zero-order chi connectivity index (χ0) is 18.0. The molecule has 0 bridgehead atoms. The maximum absolute atomic E-state index is 12.9. The fourth-order valence-electron chi connectivity index (χ4n) is 3.90. The lowest BCUT2D eigenvalue weighted by molar-refractivity contribution is -0.123. The summed E-state index contributed by atoms with van der Waals surface area (Å²) in [6.07, 6.45) is 10.6. The lowest BCUT2D eigenvalue weighted by Gasteiger charge is -2.29. The summed E-state index contributed by atoms with van der Waals surface area (Å²) in [6.45, 7) is 2.23. The number of thiophene rings is 1. The molecule has 0 atom stereocenters. The molecule has 0 unspecified atom stereocenters. The summed E-state index contributed by atoms with van der Waals surface area (Å²) in [5.74, 6) is -0.161. The molecule has 136 valence electrons. The maximum atomic E-state index is 12.9. The molecule has 1 N–H and O–H groups in total. The predicted molar refractivity (Wildman–Crippen MR) is 102 cm³/mol. The maximum Gasteiger partial charge on any atom is 0.348 e. The minimum atomic E-state index is -0.945. The predicted octanol–water partition coefficient (Wildman–Crippen LogP) is 5.19. The minimum Gasteiger partial charge on any atom is -0.477 e.